The summed E-state index contributed by atoms with van der Waals surface area (Å²) in [5.41, 5.74) is 0. The first-order chi connectivity index (χ1) is 10.3. The highest BCUT2D eigenvalue weighted by molar-refractivity contribution is 8.01. The molecule has 2 saturated heterocycles. The monoisotopic (exact) mass is 328 g/mol. The number of anilines is 1. The van der Waals surface area contributed by atoms with Gasteiger partial charge in [0, 0.05) is 25.4 Å². The van der Waals surface area contributed by atoms with Crippen molar-refractivity contribution in [2.24, 2.45) is 5.92 Å². The van der Waals surface area contributed by atoms with E-state index in [0.717, 1.165) is 40.7 Å². The average molecular weight is 329 g/mol. The van der Waals surface area contributed by atoms with Gasteiger partial charge in [0.25, 0.3) is 0 Å². The number of ether oxygens (including phenoxy) is 1. The minimum absolute atomic E-state index is 0.350. The van der Waals surface area contributed by atoms with Crippen LogP contribution in [0.2, 0.25) is 0 Å². The number of thioether (sulfide) groups is 1. The van der Waals surface area contributed by atoms with Crippen LogP contribution in [0.25, 0.3) is 0 Å². The lowest BCUT2D eigenvalue weighted by atomic mass is 10.0. The van der Waals surface area contributed by atoms with Crippen LogP contribution in [-0.4, -0.2) is 60.2 Å². The molecule has 3 heterocycles. The molecule has 1 N–H and O–H groups in total. The average Bonchev–Trinajstić information content (AvgIpc) is 3.15. The van der Waals surface area contributed by atoms with E-state index in [-0.39, 0.29) is 0 Å². The molecule has 7 heteroatoms. The molecule has 3 rings (SSSR count). The molecule has 118 valence electrons. The highest BCUT2D eigenvalue weighted by Gasteiger charge is 2.19. The molecule has 0 aliphatic carbocycles. The quantitative estimate of drug-likeness (QED) is 0.810. The second-order valence-electron chi connectivity index (χ2n) is 5.97. The van der Waals surface area contributed by atoms with Gasteiger partial charge in [-0.1, -0.05) is 23.1 Å². The summed E-state index contributed by atoms with van der Waals surface area (Å²) in [6, 6.07) is 0. The second-order valence-corrected chi connectivity index (χ2v) is 8.22. The molecular weight excluding hydrogens is 304 g/mol. The Labute approximate surface area is 134 Å². The standard InChI is InChI=1S/C14H24N4OS2/c1-18-6-2-4-11(9-18)10-20-14-17-16-13(21-14)15-8-12-5-3-7-19-12/h11-12H,2-10H2,1H3,(H,15,16)/t11-,12+/m1/s1. The fourth-order valence-electron chi connectivity index (χ4n) is 2.94. The van der Waals surface area contributed by atoms with Crippen molar-refractivity contribution in [1.82, 2.24) is 15.1 Å². The van der Waals surface area contributed by atoms with E-state index in [2.05, 4.69) is 27.5 Å². The number of nitrogens with zero attached hydrogens (tertiary/aromatic N) is 3. The Balaban J connectivity index is 1.39. The first kappa shape index (κ1) is 15.5. The van der Waals surface area contributed by atoms with Crippen LogP contribution in [0.5, 0.6) is 0 Å². The summed E-state index contributed by atoms with van der Waals surface area (Å²) in [7, 11) is 2.22. The molecule has 2 aliphatic rings. The molecule has 2 fully saturated rings. The predicted molar refractivity (Wildman–Crippen MR) is 88.3 cm³/mol. The van der Waals surface area contributed by atoms with Crippen molar-refractivity contribution in [3.63, 3.8) is 0 Å². The molecule has 5 nitrogen and oxygen atoms in total. The maximum Gasteiger partial charge on any atom is 0.206 e. The lowest BCUT2D eigenvalue weighted by Crippen LogP contribution is -2.33. The van der Waals surface area contributed by atoms with Gasteiger partial charge in [0.05, 0.1) is 6.10 Å². The molecule has 1 aromatic heterocycles. The summed E-state index contributed by atoms with van der Waals surface area (Å²) in [4.78, 5) is 2.43. The van der Waals surface area contributed by atoms with Gasteiger partial charge in [-0.25, -0.2) is 0 Å². The normalized spacial score (nSPS) is 27.1. The van der Waals surface area contributed by atoms with Crippen LogP contribution in [-0.2, 0) is 4.74 Å². The highest BCUT2D eigenvalue weighted by Crippen LogP contribution is 2.29. The van der Waals surface area contributed by atoms with E-state index in [4.69, 9.17) is 4.74 Å². The zero-order valence-electron chi connectivity index (χ0n) is 12.6. The van der Waals surface area contributed by atoms with Gasteiger partial charge in [0.2, 0.25) is 5.13 Å². The van der Waals surface area contributed by atoms with Crippen LogP contribution in [0.1, 0.15) is 25.7 Å². The van der Waals surface area contributed by atoms with Crippen molar-refractivity contribution >= 4 is 28.2 Å². The summed E-state index contributed by atoms with van der Waals surface area (Å²) in [6.45, 7) is 4.22. The van der Waals surface area contributed by atoms with Gasteiger partial charge in [-0.3, -0.25) is 0 Å². The van der Waals surface area contributed by atoms with Crippen molar-refractivity contribution in [1.29, 1.82) is 0 Å². The minimum Gasteiger partial charge on any atom is -0.376 e. The van der Waals surface area contributed by atoms with Gasteiger partial charge < -0.3 is 15.0 Å². The van der Waals surface area contributed by atoms with Crippen LogP contribution < -0.4 is 5.32 Å². The van der Waals surface area contributed by atoms with E-state index in [1.165, 1.54) is 32.4 Å². The highest BCUT2D eigenvalue weighted by atomic mass is 32.2. The van der Waals surface area contributed by atoms with Crippen molar-refractivity contribution in [2.75, 3.05) is 44.4 Å². The van der Waals surface area contributed by atoms with Crippen molar-refractivity contribution in [3.8, 4) is 0 Å². The van der Waals surface area contributed by atoms with E-state index in [1.54, 1.807) is 11.3 Å². The van der Waals surface area contributed by atoms with E-state index in [9.17, 15) is 0 Å². The number of aromatic nitrogens is 2. The molecule has 0 bridgehead atoms. The predicted octanol–water partition coefficient (Wildman–Crippen LogP) is 2.56. The van der Waals surface area contributed by atoms with E-state index >= 15 is 0 Å². The van der Waals surface area contributed by atoms with Crippen molar-refractivity contribution in [3.05, 3.63) is 0 Å². The third-order valence-corrected chi connectivity index (χ3v) is 6.32. The zero-order chi connectivity index (χ0) is 14.5. The Morgan fingerprint density at radius 1 is 1.38 bits per heavy atom. The molecule has 0 spiro atoms. The Morgan fingerprint density at radius 3 is 3.14 bits per heavy atom. The fraction of sp³-hybridized carbons (Fsp3) is 0.857. The smallest absolute Gasteiger partial charge is 0.206 e. The molecule has 21 heavy (non-hydrogen) atoms. The summed E-state index contributed by atoms with van der Waals surface area (Å²) in [5.74, 6) is 1.95. The summed E-state index contributed by atoms with van der Waals surface area (Å²) < 4.78 is 6.68. The zero-order valence-corrected chi connectivity index (χ0v) is 14.2. The lowest BCUT2D eigenvalue weighted by molar-refractivity contribution is 0.120. The maximum absolute atomic E-state index is 5.60. The third kappa shape index (κ3) is 4.81. The lowest BCUT2D eigenvalue weighted by Gasteiger charge is -2.29. The minimum atomic E-state index is 0.350. The summed E-state index contributed by atoms with van der Waals surface area (Å²) in [5, 5.41) is 12.8. The first-order valence-corrected chi connectivity index (χ1v) is 9.60. The van der Waals surface area contributed by atoms with Gasteiger partial charge in [-0.05, 0) is 45.2 Å². The molecule has 1 aromatic rings. The second kappa shape index (κ2) is 7.76. The van der Waals surface area contributed by atoms with Crippen molar-refractivity contribution < 1.29 is 4.74 Å². The number of likely N-dealkylation sites (tertiary alicyclic amines) is 1. The van der Waals surface area contributed by atoms with Crippen LogP contribution in [0, 0.1) is 5.92 Å². The maximum atomic E-state index is 5.60. The number of rotatable bonds is 6. The van der Waals surface area contributed by atoms with Crippen molar-refractivity contribution in [2.45, 2.75) is 36.1 Å². The van der Waals surface area contributed by atoms with E-state index < -0.39 is 0 Å². The van der Waals surface area contributed by atoms with E-state index in [0.29, 0.717) is 6.10 Å². The number of nitrogens with one attached hydrogen (secondary N) is 1. The number of piperidine rings is 1. The van der Waals surface area contributed by atoms with Crippen LogP contribution in [0.4, 0.5) is 5.13 Å². The Bertz CT molecular complexity index is 436. The van der Waals surface area contributed by atoms with Crippen LogP contribution in [0.3, 0.4) is 0 Å². The molecule has 0 aromatic carbocycles. The Morgan fingerprint density at radius 2 is 2.33 bits per heavy atom. The Hall–Kier alpha value is -0.370. The Kier molecular flexibility index (Phi) is 5.74. The fourth-order valence-corrected chi connectivity index (χ4v) is 4.85. The molecule has 0 unspecified atom stereocenters. The topological polar surface area (TPSA) is 50.3 Å². The van der Waals surface area contributed by atoms with E-state index in [1.807, 2.05) is 11.8 Å². The SMILES string of the molecule is CN1CCC[C@@H](CSc2nnc(NC[C@@H]3CCCO3)s2)C1. The van der Waals surface area contributed by atoms with Gasteiger partial charge in [-0.15, -0.1) is 10.2 Å². The number of hydrogen-bond acceptors (Lipinski definition) is 7. The third-order valence-electron chi connectivity index (χ3n) is 4.08. The molecule has 2 aliphatic heterocycles. The molecule has 2 atom stereocenters. The molecule has 0 saturated carbocycles. The van der Waals surface area contributed by atoms with Gasteiger partial charge in [-0.2, -0.15) is 0 Å². The first-order valence-electron chi connectivity index (χ1n) is 7.80. The molecular formula is C14H24N4OS2. The van der Waals surface area contributed by atoms with Crippen LogP contribution in [0.15, 0.2) is 4.34 Å². The number of hydrogen-bond donors (Lipinski definition) is 1. The van der Waals surface area contributed by atoms with Gasteiger partial charge in [0.15, 0.2) is 4.34 Å². The van der Waals surface area contributed by atoms with Crippen LogP contribution >= 0.6 is 23.1 Å². The largest absolute Gasteiger partial charge is 0.376 e. The molecule has 0 amide bonds. The molecule has 0 radical (unpaired) electrons. The summed E-state index contributed by atoms with van der Waals surface area (Å²) >= 11 is 3.52. The van der Waals surface area contributed by atoms with Gasteiger partial charge >= 0.3 is 0 Å². The van der Waals surface area contributed by atoms with Gasteiger partial charge in [0.1, 0.15) is 0 Å². The summed E-state index contributed by atoms with van der Waals surface area (Å²) in [6.07, 6.45) is 5.36.